The molecule has 78 valence electrons. The summed E-state index contributed by atoms with van der Waals surface area (Å²) in [4.78, 5) is 4.34. The summed E-state index contributed by atoms with van der Waals surface area (Å²) in [6.45, 7) is 1.93. The Morgan fingerprint density at radius 3 is 2.87 bits per heavy atom. The molecule has 0 saturated carbocycles. The van der Waals surface area contributed by atoms with Gasteiger partial charge in [0.1, 0.15) is 0 Å². The molecule has 15 heavy (non-hydrogen) atoms. The van der Waals surface area contributed by atoms with Crippen LogP contribution in [0.1, 0.15) is 11.3 Å². The first-order valence-corrected chi connectivity index (χ1v) is 5.82. The van der Waals surface area contributed by atoms with Gasteiger partial charge in [0, 0.05) is 16.8 Å². The molecule has 1 aromatic carbocycles. The van der Waals surface area contributed by atoms with Crippen molar-refractivity contribution in [2.75, 3.05) is 0 Å². The molecule has 0 aliphatic heterocycles. The minimum atomic E-state index is -2.03. The Kier molecular flexibility index (Phi) is 2.79. The maximum absolute atomic E-state index is 10.5. The molecular formula is C11H10NO2S-. The second kappa shape index (κ2) is 4.08. The summed E-state index contributed by atoms with van der Waals surface area (Å²) in [5, 5.41) is 0.976. The van der Waals surface area contributed by atoms with E-state index in [4.69, 9.17) is 0 Å². The van der Waals surface area contributed by atoms with Crippen molar-refractivity contribution >= 4 is 22.0 Å². The highest BCUT2D eigenvalue weighted by atomic mass is 32.2. The second-order valence-electron chi connectivity index (χ2n) is 3.43. The van der Waals surface area contributed by atoms with Gasteiger partial charge in [-0.25, -0.2) is 0 Å². The van der Waals surface area contributed by atoms with Crippen LogP contribution in [0.15, 0.2) is 30.3 Å². The lowest BCUT2D eigenvalue weighted by atomic mass is 10.1. The normalized spacial score (nSPS) is 12.9. The van der Waals surface area contributed by atoms with E-state index in [1.54, 1.807) is 6.07 Å². The fourth-order valence-electron chi connectivity index (χ4n) is 1.50. The van der Waals surface area contributed by atoms with Crippen LogP contribution in [0.3, 0.4) is 0 Å². The predicted octanol–water partition coefficient (Wildman–Crippen LogP) is 1.92. The zero-order valence-electron chi connectivity index (χ0n) is 8.27. The number of rotatable bonds is 2. The van der Waals surface area contributed by atoms with E-state index in [2.05, 4.69) is 4.98 Å². The second-order valence-corrected chi connectivity index (χ2v) is 4.32. The number of hydrogen-bond donors (Lipinski definition) is 0. The molecule has 0 aliphatic carbocycles. The standard InChI is InChI=1S/C11H11NO2S/c1-8-2-4-10-6-9(7-15(13)14)3-5-11(10)12-8/h2-6H,7H2,1H3,(H,13,14)/p-1. The molecule has 3 nitrogen and oxygen atoms in total. The zero-order chi connectivity index (χ0) is 10.8. The van der Waals surface area contributed by atoms with Crippen molar-refractivity contribution in [3.05, 3.63) is 41.6 Å². The number of hydrogen-bond acceptors (Lipinski definition) is 3. The fraction of sp³-hybridized carbons (Fsp3) is 0.182. The van der Waals surface area contributed by atoms with E-state index < -0.39 is 11.1 Å². The van der Waals surface area contributed by atoms with E-state index >= 15 is 0 Å². The van der Waals surface area contributed by atoms with Crippen molar-refractivity contribution in [1.29, 1.82) is 0 Å². The molecule has 1 aromatic heterocycles. The van der Waals surface area contributed by atoms with Gasteiger partial charge in [-0.3, -0.25) is 9.19 Å². The van der Waals surface area contributed by atoms with Gasteiger partial charge in [-0.1, -0.05) is 23.2 Å². The Hall–Kier alpha value is -1.26. The Morgan fingerprint density at radius 2 is 2.13 bits per heavy atom. The van der Waals surface area contributed by atoms with Crippen molar-refractivity contribution in [1.82, 2.24) is 4.98 Å². The van der Waals surface area contributed by atoms with Crippen LogP contribution in [0.2, 0.25) is 0 Å². The van der Waals surface area contributed by atoms with Crippen molar-refractivity contribution in [3.8, 4) is 0 Å². The number of fused-ring (bicyclic) bond motifs is 1. The molecule has 4 heteroatoms. The summed E-state index contributed by atoms with van der Waals surface area (Å²) in [5.74, 6) is 0.0593. The van der Waals surface area contributed by atoms with Crippen LogP contribution in [0.5, 0.6) is 0 Å². The highest BCUT2D eigenvalue weighted by molar-refractivity contribution is 7.78. The molecule has 0 aliphatic rings. The van der Waals surface area contributed by atoms with Crippen LogP contribution >= 0.6 is 0 Å². The molecule has 0 spiro atoms. The van der Waals surface area contributed by atoms with Crippen LogP contribution in [0.25, 0.3) is 10.9 Å². The molecule has 0 bridgehead atoms. The van der Waals surface area contributed by atoms with Crippen molar-refractivity contribution in [2.24, 2.45) is 0 Å². The summed E-state index contributed by atoms with van der Waals surface area (Å²) in [7, 11) is 0. The maximum Gasteiger partial charge on any atom is 0.0705 e. The van der Waals surface area contributed by atoms with Crippen molar-refractivity contribution < 1.29 is 8.76 Å². The van der Waals surface area contributed by atoms with Gasteiger partial charge in [-0.05, 0) is 30.7 Å². The molecule has 1 heterocycles. The van der Waals surface area contributed by atoms with Crippen molar-refractivity contribution in [2.45, 2.75) is 12.7 Å². The molecule has 1 atom stereocenters. The molecule has 0 fully saturated rings. The molecule has 0 saturated heterocycles. The van der Waals surface area contributed by atoms with Gasteiger partial charge in [0.2, 0.25) is 0 Å². The monoisotopic (exact) mass is 220 g/mol. The van der Waals surface area contributed by atoms with Gasteiger partial charge in [0.25, 0.3) is 0 Å². The molecule has 0 N–H and O–H groups in total. The smallest absolute Gasteiger partial charge is 0.0705 e. The lowest BCUT2D eigenvalue weighted by molar-refractivity contribution is 0.536. The first kappa shape index (κ1) is 10.3. The lowest BCUT2D eigenvalue weighted by Crippen LogP contribution is -1.93. The Labute approximate surface area is 90.4 Å². The minimum absolute atomic E-state index is 0.0593. The zero-order valence-corrected chi connectivity index (χ0v) is 9.08. The highest BCUT2D eigenvalue weighted by Gasteiger charge is 1.98. The third-order valence-electron chi connectivity index (χ3n) is 2.18. The number of pyridine rings is 1. The number of benzene rings is 1. The highest BCUT2D eigenvalue weighted by Crippen LogP contribution is 2.15. The van der Waals surface area contributed by atoms with Crippen LogP contribution in [0, 0.1) is 6.92 Å². The summed E-state index contributed by atoms with van der Waals surface area (Å²) >= 11 is -2.03. The van der Waals surface area contributed by atoms with E-state index in [0.717, 1.165) is 22.2 Å². The quantitative estimate of drug-likeness (QED) is 0.726. The molecule has 0 radical (unpaired) electrons. The van der Waals surface area contributed by atoms with Gasteiger partial charge >= 0.3 is 0 Å². The van der Waals surface area contributed by atoms with Gasteiger partial charge in [-0.15, -0.1) is 0 Å². The van der Waals surface area contributed by atoms with E-state index in [9.17, 15) is 8.76 Å². The Bertz CT molecular complexity index is 525. The lowest BCUT2D eigenvalue weighted by Gasteiger charge is -2.06. The summed E-state index contributed by atoms with van der Waals surface area (Å²) in [6, 6.07) is 9.38. The minimum Gasteiger partial charge on any atom is -0.772 e. The molecule has 1 unspecified atom stereocenters. The molecule has 2 rings (SSSR count). The third-order valence-corrected chi connectivity index (χ3v) is 2.75. The van der Waals surface area contributed by atoms with Gasteiger partial charge in [0.15, 0.2) is 0 Å². The molecular weight excluding hydrogens is 210 g/mol. The summed E-state index contributed by atoms with van der Waals surface area (Å²) in [6.07, 6.45) is 0. The largest absolute Gasteiger partial charge is 0.772 e. The van der Waals surface area contributed by atoms with Crippen LogP contribution in [-0.4, -0.2) is 13.7 Å². The fourth-order valence-corrected chi connectivity index (χ4v) is 1.95. The Morgan fingerprint density at radius 1 is 1.33 bits per heavy atom. The predicted molar refractivity (Wildman–Crippen MR) is 59.1 cm³/mol. The topological polar surface area (TPSA) is 53.0 Å². The van der Waals surface area contributed by atoms with Gasteiger partial charge < -0.3 is 4.55 Å². The Balaban J connectivity index is 2.47. The van der Waals surface area contributed by atoms with Gasteiger partial charge in [-0.2, -0.15) is 0 Å². The molecule has 0 amide bonds. The van der Waals surface area contributed by atoms with Crippen LogP contribution in [-0.2, 0) is 16.8 Å². The number of nitrogens with zero attached hydrogens (tertiary/aromatic N) is 1. The summed E-state index contributed by atoms with van der Waals surface area (Å²) in [5.41, 5.74) is 2.65. The average Bonchev–Trinajstić information content (AvgIpc) is 2.17. The number of aryl methyl sites for hydroxylation is 1. The summed E-state index contributed by atoms with van der Waals surface area (Å²) < 4.78 is 21.1. The van der Waals surface area contributed by atoms with Crippen LogP contribution < -0.4 is 0 Å². The first-order chi connectivity index (χ1) is 7.15. The van der Waals surface area contributed by atoms with E-state index in [1.165, 1.54) is 0 Å². The van der Waals surface area contributed by atoms with Crippen LogP contribution in [0.4, 0.5) is 0 Å². The number of aromatic nitrogens is 1. The third kappa shape index (κ3) is 2.40. The first-order valence-electron chi connectivity index (χ1n) is 4.57. The van der Waals surface area contributed by atoms with Crippen molar-refractivity contribution in [3.63, 3.8) is 0 Å². The van der Waals surface area contributed by atoms with E-state index in [1.807, 2.05) is 31.2 Å². The molecule has 2 aromatic rings. The average molecular weight is 220 g/mol. The van der Waals surface area contributed by atoms with E-state index in [0.29, 0.717) is 0 Å². The maximum atomic E-state index is 10.5. The van der Waals surface area contributed by atoms with E-state index in [-0.39, 0.29) is 5.75 Å². The van der Waals surface area contributed by atoms with Gasteiger partial charge in [0.05, 0.1) is 5.52 Å². The SMILES string of the molecule is Cc1ccc2cc(CS(=O)[O-])ccc2n1.